The quantitative estimate of drug-likeness (QED) is 0.765. The van der Waals surface area contributed by atoms with Crippen LogP contribution in [0.4, 0.5) is 11.4 Å². The highest BCUT2D eigenvalue weighted by molar-refractivity contribution is 6.05. The van der Waals surface area contributed by atoms with Gasteiger partial charge in [0.2, 0.25) is 0 Å². The molecule has 1 aromatic carbocycles. The lowest BCUT2D eigenvalue weighted by Crippen LogP contribution is -2.13. The van der Waals surface area contributed by atoms with Crippen LogP contribution in [0.1, 0.15) is 15.9 Å². The van der Waals surface area contributed by atoms with Crippen molar-refractivity contribution in [3.05, 3.63) is 47.8 Å². The molecular formula is C12H9N5O. The Morgan fingerprint density at radius 2 is 2.17 bits per heavy atom. The number of hydrogen-bond acceptors (Lipinski definition) is 5. The molecule has 1 heterocycles. The first-order valence-electron chi connectivity index (χ1n) is 5.08. The second kappa shape index (κ2) is 4.93. The summed E-state index contributed by atoms with van der Waals surface area (Å²) in [4.78, 5) is 11.8. The number of hydrogen-bond donors (Lipinski definition) is 2. The van der Waals surface area contributed by atoms with Crippen molar-refractivity contribution in [2.45, 2.75) is 0 Å². The summed E-state index contributed by atoms with van der Waals surface area (Å²) in [6.07, 6.45) is 2.78. The maximum absolute atomic E-state index is 11.8. The van der Waals surface area contributed by atoms with Gasteiger partial charge in [-0.2, -0.15) is 15.5 Å². The zero-order chi connectivity index (χ0) is 13.0. The van der Waals surface area contributed by atoms with Crippen molar-refractivity contribution in [2.24, 2.45) is 0 Å². The molecule has 88 valence electrons. The number of nitrogens with zero attached hydrogens (tertiary/aromatic N) is 3. The second-order valence-electron chi connectivity index (χ2n) is 3.50. The molecule has 2 aromatic rings. The number of rotatable bonds is 2. The van der Waals surface area contributed by atoms with Gasteiger partial charge in [-0.15, -0.1) is 0 Å². The standard InChI is InChI=1S/C12H9N5O/c13-6-8-1-2-11(10(14)5-8)17-12(18)9-3-4-15-16-7-9/h1-5,7H,14H2,(H,17,18). The van der Waals surface area contributed by atoms with Gasteiger partial charge in [0.1, 0.15) is 0 Å². The van der Waals surface area contributed by atoms with Crippen LogP contribution in [0, 0.1) is 11.3 Å². The van der Waals surface area contributed by atoms with Crippen molar-refractivity contribution in [3.63, 3.8) is 0 Å². The van der Waals surface area contributed by atoms with E-state index < -0.39 is 0 Å². The Morgan fingerprint density at radius 1 is 1.33 bits per heavy atom. The third kappa shape index (κ3) is 2.41. The Kier molecular flexibility index (Phi) is 3.16. The van der Waals surface area contributed by atoms with Crippen LogP contribution in [-0.2, 0) is 0 Å². The number of aromatic nitrogens is 2. The Bertz CT molecular complexity index is 618. The smallest absolute Gasteiger partial charge is 0.257 e. The highest BCUT2D eigenvalue weighted by Gasteiger charge is 2.08. The summed E-state index contributed by atoms with van der Waals surface area (Å²) in [5.41, 5.74) is 7.35. The van der Waals surface area contributed by atoms with Gasteiger partial charge in [-0.05, 0) is 24.3 Å². The first kappa shape index (κ1) is 11.5. The molecule has 6 nitrogen and oxygen atoms in total. The van der Waals surface area contributed by atoms with E-state index in [0.717, 1.165) is 0 Å². The molecule has 18 heavy (non-hydrogen) atoms. The summed E-state index contributed by atoms with van der Waals surface area (Å²) in [5.74, 6) is -0.332. The molecule has 0 saturated heterocycles. The third-order valence-corrected chi connectivity index (χ3v) is 2.28. The summed E-state index contributed by atoms with van der Waals surface area (Å²) in [6.45, 7) is 0. The van der Waals surface area contributed by atoms with Gasteiger partial charge in [0.15, 0.2) is 0 Å². The molecular weight excluding hydrogens is 230 g/mol. The SMILES string of the molecule is N#Cc1ccc(NC(=O)c2ccnnc2)c(N)c1. The third-order valence-electron chi connectivity index (χ3n) is 2.28. The van der Waals surface area contributed by atoms with Gasteiger partial charge in [0, 0.05) is 0 Å². The molecule has 0 aliphatic heterocycles. The predicted molar refractivity (Wildman–Crippen MR) is 65.6 cm³/mol. The van der Waals surface area contributed by atoms with Crippen LogP contribution in [0.15, 0.2) is 36.7 Å². The topological polar surface area (TPSA) is 105 Å². The average molecular weight is 239 g/mol. The number of amides is 1. The molecule has 1 aromatic heterocycles. The van der Waals surface area contributed by atoms with Crippen molar-refractivity contribution < 1.29 is 4.79 Å². The van der Waals surface area contributed by atoms with Crippen molar-refractivity contribution in [2.75, 3.05) is 11.1 Å². The van der Waals surface area contributed by atoms with Gasteiger partial charge in [0.25, 0.3) is 5.91 Å². The van der Waals surface area contributed by atoms with E-state index in [0.29, 0.717) is 22.5 Å². The average Bonchev–Trinajstić information content (AvgIpc) is 2.42. The van der Waals surface area contributed by atoms with Crippen LogP contribution in [-0.4, -0.2) is 16.1 Å². The molecule has 3 N–H and O–H groups in total. The molecule has 0 radical (unpaired) electrons. The van der Waals surface area contributed by atoms with Crippen molar-refractivity contribution in [1.29, 1.82) is 5.26 Å². The first-order chi connectivity index (χ1) is 8.70. The van der Waals surface area contributed by atoms with Crippen LogP contribution in [0.3, 0.4) is 0 Å². The maximum Gasteiger partial charge on any atom is 0.257 e. The second-order valence-corrected chi connectivity index (χ2v) is 3.50. The number of carbonyl (C=O) groups excluding carboxylic acids is 1. The summed E-state index contributed by atoms with van der Waals surface area (Å²) >= 11 is 0. The molecule has 0 atom stereocenters. The molecule has 6 heteroatoms. The summed E-state index contributed by atoms with van der Waals surface area (Å²) in [5, 5.41) is 18.5. The Labute approximate surface area is 103 Å². The molecule has 2 rings (SSSR count). The Morgan fingerprint density at radius 3 is 2.78 bits per heavy atom. The Balaban J connectivity index is 2.20. The number of nitrogen functional groups attached to an aromatic ring is 1. The van der Waals surface area contributed by atoms with Gasteiger partial charge < -0.3 is 11.1 Å². The minimum Gasteiger partial charge on any atom is -0.397 e. The fraction of sp³-hybridized carbons (Fsp3) is 0. The highest BCUT2D eigenvalue weighted by atomic mass is 16.1. The van der Waals surface area contributed by atoms with Crippen LogP contribution in [0.25, 0.3) is 0 Å². The van der Waals surface area contributed by atoms with Gasteiger partial charge in [-0.25, -0.2) is 0 Å². The molecule has 0 spiro atoms. The van der Waals surface area contributed by atoms with Gasteiger partial charge in [-0.3, -0.25) is 4.79 Å². The van der Waals surface area contributed by atoms with Gasteiger partial charge in [0.05, 0.1) is 41.0 Å². The van der Waals surface area contributed by atoms with Crippen LogP contribution < -0.4 is 11.1 Å². The Hall–Kier alpha value is -2.94. The first-order valence-corrected chi connectivity index (χ1v) is 5.08. The monoisotopic (exact) mass is 239 g/mol. The highest BCUT2D eigenvalue weighted by Crippen LogP contribution is 2.20. The minimum atomic E-state index is -0.332. The molecule has 0 aliphatic carbocycles. The fourth-order valence-corrected chi connectivity index (χ4v) is 1.37. The molecule has 0 unspecified atom stereocenters. The molecule has 0 fully saturated rings. The molecule has 1 amide bonds. The van der Waals surface area contributed by atoms with Crippen LogP contribution in [0.2, 0.25) is 0 Å². The van der Waals surface area contributed by atoms with E-state index in [4.69, 9.17) is 11.0 Å². The van der Waals surface area contributed by atoms with Gasteiger partial charge >= 0.3 is 0 Å². The molecule has 0 aliphatic rings. The van der Waals surface area contributed by atoms with E-state index >= 15 is 0 Å². The van der Waals surface area contributed by atoms with E-state index in [1.807, 2.05) is 6.07 Å². The number of nitriles is 1. The number of nitrogens with two attached hydrogens (primary N) is 1. The van der Waals surface area contributed by atoms with Crippen molar-refractivity contribution in [1.82, 2.24) is 10.2 Å². The van der Waals surface area contributed by atoms with E-state index in [1.54, 1.807) is 18.2 Å². The zero-order valence-corrected chi connectivity index (χ0v) is 9.29. The lowest BCUT2D eigenvalue weighted by molar-refractivity contribution is 0.102. The normalized spacial score (nSPS) is 9.50. The number of carbonyl (C=O) groups is 1. The maximum atomic E-state index is 11.8. The lowest BCUT2D eigenvalue weighted by Gasteiger charge is -2.07. The van der Waals surface area contributed by atoms with E-state index in [-0.39, 0.29) is 5.91 Å². The lowest BCUT2D eigenvalue weighted by atomic mass is 10.2. The summed E-state index contributed by atoms with van der Waals surface area (Å²) < 4.78 is 0. The molecule has 0 saturated carbocycles. The fourth-order valence-electron chi connectivity index (χ4n) is 1.37. The van der Waals surface area contributed by atoms with Crippen molar-refractivity contribution >= 4 is 17.3 Å². The predicted octanol–water partition coefficient (Wildman–Crippen LogP) is 1.18. The summed E-state index contributed by atoms with van der Waals surface area (Å²) in [7, 11) is 0. The number of anilines is 2. The van der Waals surface area contributed by atoms with Crippen molar-refractivity contribution in [3.8, 4) is 6.07 Å². The number of benzene rings is 1. The van der Waals surface area contributed by atoms with E-state index in [1.165, 1.54) is 18.5 Å². The largest absolute Gasteiger partial charge is 0.397 e. The van der Waals surface area contributed by atoms with Crippen LogP contribution in [0.5, 0.6) is 0 Å². The van der Waals surface area contributed by atoms with Gasteiger partial charge in [-0.1, -0.05) is 0 Å². The molecule has 0 bridgehead atoms. The number of nitrogens with one attached hydrogen (secondary N) is 1. The zero-order valence-electron chi connectivity index (χ0n) is 9.29. The minimum absolute atomic E-state index is 0.332. The summed E-state index contributed by atoms with van der Waals surface area (Å²) in [6, 6.07) is 8.18. The van der Waals surface area contributed by atoms with E-state index in [2.05, 4.69) is 15.5 Å². The van der Waals surface area contributed by atoms with E-state index in [9.17, 15) is 4.79 Å². The van der Waals surface area contributed by atoms with Crippen LogP contribution >= 0.6 is 0 Å².